The van der Waals surface area contributed by atoms with Crippen molar-refractivity contribution in [3.63, 3.8) is 0 Å². The van der Waals surface area contributed by atoms with Gasteiger partial charge in [0.2, 0.25) is 0 Å². The average Bonchev–Trinajstić information content (AvgIpc) is 3.32. The molecule has 0 spiro atoms. The van der Waals surface area contributed by atoms with Crippen molar-refractivity contribution >= 4 is 34.6 Å². The molecule has 2 amide bonds. The Hall–Kier alpha value is -2.97. The van der Waals surface area contributed by atoms with Gasteiger partial charge in [-0.05, 0) is 86.9 Å². The number of hydrogen-bond acceptors (Lipinski definition) is 6. The van der Waals surface area contributed by atoms with Crippen LogP contribution in [0.15, 0.2) is 47.5 Å². The van der Waals surface area contributed by atoms with Crippen LogP contribution in [0.4, 0.5) is 4.79 Å². The highest BCUT2D eigenvalue weighted by Crippen LogP contribution is 2.27. The molecule has 0 bridgehead atoms. The third-order valence-corrected chi connectivity index (χ3v) is 6.70. The third kappa shape index (κ3) is 4.26. The fourth-order valence-electron chi connectivity index (χ4n) is 4.17. The maximum atomic E-state index is 11.8. The van der Waals surface area contributed by atoms with Gasteiger partial charge in [0.15, 0.2) is 5.65 Å². The average molecular weight is 434 g/mol. The van der Waals surface area contributed by atoms with Crippen LogP contribution in [0.2, 0.25) is 0 Å². The molecule has 4 heterocycles. The molecule has 2 aliphatic rings. The lowest BCUT2D eigenvalue weighted by molar-refractivity contribution is -0.115. The zero-order valence-electron chi connectivity index (χ0n) is 17.2. The predicted octanol–water partition coefficient (Wildman–Crippen LogP) is 3.60. The lowest BCUT2D eigenvalue weighted by Crippen LogP contribution is -2.30. The van der Waals surface area contributed by atoms with Crippen LogP contribution in [0.3, 0.4) is 0 Å². The van der Waals surface area contributed by atoms with Crippen molar-refractivity contribution in [2.24, 2.45) is 5.92 Å². The summed E-state index contributed by atoms with van der Waals surface area (Å²) in [6.45, 7) is 2.34. The summed E-state index contributed by atoms with van der Waals surface area (Å²) in [5.41, 5.74) is 4.63. The van der Waals surface area contributed by atoms with Crippen molar-refractivity contribution in [3.05, 3.63) is 58.8 Å². The summed E-state index contributed by atoms with van der Waals surface area (Å²) in [4.78, 5) is 30.5. The molecule has 2 fully saturated rings. The van der Waals surface area contributed by atoms with Crippen LogP contribution in [0.25, 0.3) is 23.0 Å². The van der Waals surface area contributed by atoms with Gasteiger partial charge < -0.3 is 4.90 Å². The van der Waals surface area contributed by atoms with Gasteiger partial charge in [-0.25, -0.2) is 9.50 Å². The molecule has 2 aliphatic heterocycles. The number of thioether (sulfide) groups is 1. The van der Waals surface area contributed by atoms with E-state index in [0.29, 0.717) is 10.6 Å². The third-order valence-electron chi connectivity index (χ3n) is 5.89. The standard InChI is InChI=1S/C23H23N5O2S/c1-27-9-7-15(8-10-27)11-16-3-2-4-17(12-16)19-14-24-21-6-5-18(26-28(19)21)13-20-22(29)25-23(30)31-20/h2-6,12-15H,7-11H2,1H3,(H,25,29,30)/b20-13-. The van der Waals surface area contributed by atoms with E-state index in [1.807, 2.05) is 12.3 Å². The molecule has 0 radical (unpaired) electrons. The Labute approximate surface area is 184 Å². The van der Waals surface area contributed by atoms with E-state index in [0.717, 1.165) is 41.0 Å². The molecule has 0 aliphatic carbocycles. The number of benzene rings is 1. The first-order valence-electron chi connectivity index (χ1n) is 10.4. The fourth-order valence-corrected chi connectivity index (χ4v) is 4.84. The summed E-state index contributed by atoms with van der Waals surface area (Å²) in [5, 5.41) is 6.56. The van der Waals surface area contributed by atoms with Crippen molar-refractivity contribution in [3.8, 4) is 11.3 Å². The molecule has 5 rings (SSSR count). The quantitative estimate of drug-likeness (QED) is 0.634. The van der Waals surface area contributed by atoms with Crippen LogP contribution in [0.1, 0.15) is 24.1 Å². The number of nitrogens with one attached hydrogen (secondary N) is 1. The normalized spacial score (nSPS) is 19.5. The van der Waals surface area contributed by atoms with Gasteiger partial charge in [0.05, 0.1) is 22.5 Å². The molecular formula is C23H23N5O2S. The van der Waals surface area contributed by atoms with Crippen LogP contribution in [0.5, 0.6) is 0 Å². The number of piperidine rings is 1. The highest BCUT2D eigenvalue weighted by Gasteiger charge is 2.25. The van der Waals surface area contributed by atoms with E-state index >= 15 is 0 Å². The van der Waals surface area contributed by atoms with E-state index in [9.17, 15) is 9.59 Å². The van der Waals surface area contributed by atoms with Crippen LogP contribution in [-0.2, 0) is 11.2 Å². The van der Waals surface area contributed by atoms with Gasteiger partial charge in [-0.1, -0.05) is 18.2 Å². The van der Waals surface area contributed by atoms with Crippen LogP contribution in [-0.4, -0.2) is 50.8 Å². The monoisotopic (exact) mass is 433 g/mol. The van der Waals surface area contributed by atoms with Gasteiger partial charge in [-0.15, -0.1) is 0 Å². The topological polar surface area (TPSA) is 79.6 Å². The molecular weight excluding hydrogens is 410 g/mol. The van der Waals surface area contributed by atoms with Crippen molar-refractivity contribution in [1.82, 2.24) is 24.8 Å². The number of rotatable bonds is 4. The Morgan fingerprint density at radius 2 is 2.03 bits per heavy atom. The number of aromatic nitrogens is 3. The van der Waals surface area contributed by atoms with E-state index in [1.54, 1.807) is 16.7 Å². The predicted molar refractivity (Wildman–Crippen MR) is 121 cm³/mol. The molecule has 0 atom stereocenters. The Kier molecular flexibility index (Phi) is 5.33. The fraction of sp³-hybridized carbons (Fsp3) is 0.304. The number of nitrogens with zero attached hydrogens (tertiary/aromatic N) is 4. The van der Waals surface area contributed by atoms with Gasteiger partial charge in [0.25, 0.3) is 11.1 Å². The van der Waals surface area contributed by atoms with Gasteiger partial charge in [-0.2, -0.15) is 5.10 Å². The van der Waals surface area contributed by atoms with E-state index in [-0.39, 0.29) is 11.1 Å². The largest absolute Gasteiger partial charge is 0.306 e. The molecule has 2 aromatic heterocycles. The molecule has 3 aromatic rings. The van der Waals surface area contributed by atoms with Crippen molar-refractivity contribution in [1.29, 1.82) is 0 Å². The number of likely N-dealkylation sites (tertiary alicyclic amines) is 1. The maximum absolute atomic E-state index is 11.8. The second-order valence-corrected chi connectivity index (χ2v) is 9.19. The summed E-state index contributed by atoms with van der Waals surface area (Å²) >= 11 is 0.889. The van der Waals surface area contributed by atoms with Crippen molar-refractivity contribution in [2.75, 3.05) is 20.1 Å². The van der Waals surface area contributed by atoms with Gasteiger partial charge >= 0.3 is 0 Å². The Morgan fingerprint density at radius 3 is 2.81 bits per heavy atom. The summed E-state index contributed by atoms with van der Waals surface area (Å²) in [6, 6.07) is 12.3. The maximum Gasteiger partial charge on any atom is 0.290 e. The summed E-state index contributed by atoms with van der Waals surface area (Å²) in [6.07, 6.45) is 7.02. The lowest BCUT2D eigenvalue weighted by Gasteiger charge is -2.29. The van der Waals surface area contributed by atoms with Crippen LogP contribution < -0.4 is 5.32 Å². The zero-order valence-corrected chi connectivity index (χ0v) is 18.1. The minimum absolute atomic E-state index is 0.346. The second kappa shape index (κ2) is 8.28. The first-order valence-corrected chi connectivity index (χ1v) is 11.2. The molecule has 1 aromatic carbocycles. The smallest absolute Gasteiger partial charge is 0.290 e. The molecule has 1 N–H and O–H groups in total. The summed E-state index contributed by atoms with van der Waals surface area (Å²) < 4.78 is 1.79. The highest BCUT2D eigenvalue weighted by molar-refractivity contribution is 8.18. The van der Waals surface area contributed by atoms with E-state index in [2.05, 4.69) is 51.6 Å². The van der Waals surface area contributed by atoms with Crippen LogP contribution >= 0.6 is 11.8 Å². The van der Waals surface area contributed by atoms with E-state index < -0.39 is 0 Å². The number of carbonyl (C=O) groups is 2. The number of carbonyl (C=O) groups excluding carboxylic acids is 2. The summed E-state index contributed by atoms with van der Waals surface area (Å²) in [7, 11) is 2.19. The first kappa shape index (κ1) is 20.0. The zero-order chi connectivity index (χ0) is 21.4. The highest BCUT2D eigenvalue weighted by atomic mass is 32.2. The van der Waals surface area contributed by atoms with Gasteiger partial charge in [-0.3, -0.25) is 14.9 Å². The van der Waals surface area contributed by atoms with Crippen molar-refractivity contribution in [2.45, 2.75) is 19.3 Å². The Morgan fingerprint density at radius 1 is 1.19 bits per heavy atom. The number of fused-ring (bicyclic) bond motifs is 1. The number of imide groups is 1. The lowest BCUT2D eigenvalue weighted by atomic mass is 9.90. The Bertz CT molecular complexity index is 1190. The molecule has 31 heavy (non-hydrogen) atoms. The van der Waals surface area contributed by atoms with Gasteiger partial charge in [0, 0.05) is 5.56 Å². The molecule has 158 valence electrons. The minimum atomic E-state index is -0.385. The van der Waals surface area contributed by atoms with E-state index in [1.165, 1.54) is 31.5 Å². The van der Waals surface area contributed by atoms with Crippen LogP contribution in [0, 0.1) is 5.92 Å². The summed E-state index contributed by atoms with van der Waals surface area (Å²) in [5.74, 6) is 0.340. The number of amides is 2. The number of imidazole rings is 1. The molecule has 2 saturated heterocycles. The molecule has 7 nitrogen and oxygen atoms in total. The van der Waals surface area contributed by atoms with Gasteiger partial charge in [0.1, 0.15) is 0 Å². The molecule has 0 unspecified atom stereocenters. The van der Waals surface area contributed by atoms with E-state index in [4.69, 9.17) is 0 Å². The first-order chi connectivity index (χ1) is 15.0. The number of hydrogen-bond donors (Lipinski definition) is 1. The Balaban J connectivity index is 1.43. The SMILES string of the molecule is CN1CCC(Cc2cccc(-c3cnc4ccc(/C=C5\SC(=O)NC5=O)nn34)c2)CC1. The molecule has 0 saturated carbocycles. The second-order valence-electron chi connectivity index (χ2n) is 8.18. The minimum Gasteiger partial charge on any atom is -0.306 e. The van der Waals surface area contributed by atoms with Crippen molar-refractivity contribution < 1.29 is 9.59 Å². The molecule has 8 heteroatoms.